The predicted molar refractivity (Wildman–Crippen MR) is 121 cm³/mol. The monoisotopic (exact) mass is 413 g/mol. The average molecular weight is 414 g/mol. The van der Waals surface area contributed by atoms with Gasteiger partial charge in [0.2, 0.25) is 0 Å². The van der Waals surface area contributed by atoms with Crippen LogP contribution in [-0.2, 0) is 17.8 Å². The average Bonchev–Trinajstić information content (AvgIpc) is 3.27. The Kier molecular flexibility index (Phi) is 8.25. The lowest BCUT2D eigenvalue weighted by atomic mass is 10.1. The smallest absolute Gasteiger partial charge is 0.191 e. The molecular formula is C23H31N3O2S. The lowest BCUT2D eigenvalue weighted by Crippen LogP contribution is -2.36. The summed E-state index contributed by atoms with van der Waals surface area (Å²) in [5.74, 6) is 2.20. The van der Waals surface area contributed by atoms with Crippen molar-refractivity contribution in [1.82, 2.24) is 10.6 Å². The van der Waals surface area contributed by atoms with Gasteiger partial charge in [-0.15, -0.1) is 11.8 Å². The van der Waals surface area contributed by atoms with Gasteiger partial charge in [-0.3, -0.25) is 4.99 Å². The molecule has 2 aromatic carbocycles. The van der Waals surface area contributed by atoms with E-state index < -0.39 is 0 Å². The molecule has 0 radical (unpaired) electrons. The van der Waals surface area contributed by atoms with Gasteiger partial charge in [0.1, 0.15) is 5.75 Å². The van der Waals surface area contributed by atoms with Gasteiger partial charge in [0.15, 0.2) is 5.96 Å². The van der Waals surface area contributed by atoms with E-state index >= 15 is 0 Å². The van der Waals surface area contributed by atoms with Gasteiger partial charge >= 0.3 is 0 Å². The van der Waals surface area contributed by atoms with Crippen molar-refractivity contribution < 1.29 is 9.47 Å². The van der Waals surface area contributed by atoms with Crippen molar-refractivity contribution >= 4 is 17.7 Å². The summed E-state index contributed by atoms with van der Waals surface area (Å²) in [4.78, 5) is 5.61. The fourth-order valence-electron chi connectivity index (χ4n) is 3.19. The zero-order chi connectivity index (χ0) is 20.5. The number of hydrogen-bond donors (Lipinski definition) is 2. The van der Waals surface area contributed by atoms with Crippen LogP contribution in [0, 0.1) is 12.8 Å². The van der Waals surface area contributed by atoms with Gasteiger partial charge in [-0.1, -0.05) is 24.3 Å². The number of aliphatic imine (C=N–C) groups is 1. The number of hydrogen-bond acceptors (Lipinski definition) is 4. The molecule has 0 spiro atoms. The van der Waals surface area contributed by atoms with Crippen molar-refractivity contribution in [3.63, 3.8) is 0 Å². The normalized spacial score (nSPS) is 16.7. The van der Waals surface area contributed by atoms with Crippen LogP contribution < -0.4 is 15.4 Å². The van der Waals surface area contributed by atoms with Gasteiger partial charge in [0.25, 0.3) is 0 Å². The molecule has 0 amide bonds. The van der Waals surface area contributed by atoms with Crippen molar-refractivity contribution in [1.29, 1.82) is 0 Å². The van der Waals surface area contributed by atoms with Crippen molar-refractivity contribution in [3.05, 3.63) is 59.2 Å². The SMILES string of the molecule is CN=C(NCc1ccc(SC)cc1)NCc1ccc(C)cc1OCC1CCOC1. The molecule has 156 valence electrons. The van der Waals surface area contributed by atoms with E-state index in [1.807, 2.05) is 0 Å². The molecule has 0 bridgehead atoms. The van der Waals surface area contributed by atoms with Crippen LogP contribution in [0.5, 0.6) is 5.75 Å². The molecule has 5 nitrogen and oxygen atoms in total. The van der Waals surface area contributed by atoms with E-state index in [0.29, 0.717) is 19.1 Å². The Labute approximate surface area is 178 Å². The molecule has 1 unspecified atom stereocenters. The Bertz CT molecular complexity index is 802. The first-order valence-electron chi connectivity index (χ1n) is 10.1. The maximum Gasteiger partial charge on any atom is 0.191 e. The van der Waals surface area contributed by atoms with Crippen LogP contribution >= 0.6 is 11.8 Å². The second-order valence-corrected chi connectivity index (χ2v) is 8.16. The van der Waals surface area contributed by atoms with Gasteiger partial charge < -0.3 is 20.1 Å². The van der Waals surface area contributed by atoms with Gasteiger partial charge in [0, 0.05) is 43.1 Å². The third-order valence-corrected chi connectivity index (χ3v) is 5.75. The fourth-order valence-corrected chi connectivity index (χ4v) is 3.60. The highest BCUT2D eigenvalue weighted by atomic mass is 32.2. The summed E-state index contributed by atoms with van der Waals surface area (Å²) in [5.41, 5.74) is 3.55. The zero-order valence-corrected chi connectivity index (χ0v) is 18.3. The number of benzene rings is 2. The summed E-state index contributed by atoms with van der Waals surface area (Å²) in [5, 5.41) is 6.77. The topological polar surface area (TPSA) is 54.9 Å². The number of rotatable bonds is 8. The van der Waals surface area contributed by atoms with E-state index in [2.05, 4.69) is 71.3 Å². The third kappa shape index (κ3) is 6.68. The first-order valence-corrected chi connectivity index (χ1v) is 11.3. The lowest BCUT2D eigenvalue weighted by molar-refractivity contribution is 0.166. The number of nitrogens with zero attached hydrogens (tertiary/aromatic N) is 1. The highest BCUT2D eigenvalue weighted by Crippen LogP contribution is 2.22. The molecule has 2 N–H and O–H groups in total. The second-order valence-electron chi connectivity index (χ2n) is 7.28. The molecule has 29 heavy (non-hydrogen) atoms. The van der Waals surface area contributed by atoms with Crippen LogP contribution in [0.25, 0.3) is 0 Å². The first-order chi connectivity index (χ1) is 14.2. The first kappa shape index (κ1) is 21.5. The van der Waals surface area contributed by atoms with Gasteiger partial charge in [-0.2, -0.15) is 0 Å². The van der Waals surface area contributed by atoms with Crippen LogP contribution in [-0.4, -0.2) is 39.1 Å². The summed E-state index contributed by atoms with van der Waals surface area (Å²) >= 11 is 1.75. The molecule has 1 atom stereocenters. The molecule has 1 saturated heterocycles. The van der Waals surface area contributed by atoms with Crippen LogP contribution in [0.2, 0.25) is 0 Å². The third-order valence-electron chi connectivity index (χ3n) is 5.01. The number of nitrogens with one attached hydrogen (secondary N) is 2. The van der Waals surface area contributed by atoms with Gasteiger partial charge in [-0.25, -0.2) is 0 Å². The molecule has 3 rings (SSSR count). The lowest BCUT2D eigenvalue weighted by Gasteiger charge is -2.17. The molecular weight excluding hydrogens is 382 g/mol. The summed E-state index contributed by atoms with van der Waals surface area (Å²) in [7, 11) is 1.79. The van der Waals surface area contributed by atoms with E-state index in [-0.39, 0.29) is 0 Å². The molecule has 2 aromatic rings. The molecule has 1 fully saturated rings. The van der Waals surface area contributed by atoms with Crippen molar-refractivity contribution in [2.75, 3.05) is 33.1 Å². The Hall–Kier alpha value is -2.18. The van der Waals surface area contributed by atoms with Crippen LogP contribution in [0.3, 0.4) is 0 Å². The van der Waals surface area contributed by atoms with Crippen molar-refractivity contribution in [3.8, 4) is 5.75 Å². The fraction of sp³-hybridized carbons (Fsp3) is 0.435. The Balaban J connectivity index is 1.53. The highest BCUT2D eigenvalue weighted by Gasteiger charge is 2.17. The summed E-state index contributed by atoms with van der Waals surface area (Å²) < 4.78 is 11.6. The van der Waals surface area contributed by atoms with E-state index in [4.69, 9.17) is 9.47 Å². The maximum atomic E-state index is 6.14. The molecule has 1 aliphatic rings. The largest absolute Gasteiger partial charge is 0.493 e. The van der Waals surface area contributed by atoms with Gasteiger partial charge in [-0.05, 0) is 48.9 Å². The Morgan fingerprint density at radius 1 is 1.17 bits per heavy atom. The van der Waals surface area contributed by atoms with E-state index in [9.17, 15) is 0 Å². The predicted octanol–water partition coefficient (Wildman–Crippen LogP) is 4.00. The van der Waals surface area contributed by atoms with Crippen molar-refractivity contribution in [2.45, 2.75) is 31.3 Å². The van der Waals surface area contributed by atoms with Crippen LogP contribution in [0.1, 0.15) is 23.1 Å². The molecule has 1 heterocycles. The van der Waals surface area contributed by atoms with Gasteiger partial charge in [0.05, 0.1) is 13.2 Å². The van der Waals surface area contributed by atoms with E-state index in [1.54, 1.807) is 18.8 Å². The Morgan fingerprint density at radius 2 is 1.97 bits per heavy atom. The quantitative estimate of drug-likeness (QED) is 0.389. The molecule has 0 aromatic heterocycles. The summed E-state index contributed by atoms with van der Waals surface area (Å²) in [6, 6.07) is 14.9. The van der Waals surface area contributed by atoms with Crippen LogP contribution in [0.15, 0.2) is 52.4 Å². The minimum atomic E-state index is 0.489. The van der Waals surface area contributed by atoms with E-state index in [0.717, 1.165) is 43.5 Å². The molecule has 0 saturated carbocycles. The van der Waals surface area contributed by atoms with Crippen LogP contribution in [0.4, 0.5) is 0 Å². The highest BCUT2D eigenvalue weighted by molar-refractivity contribution is 7.98. The Morgan fingerprint density at radius 3 is 2.66 bits per heavy atom. The standard InChI is InChI=1S/C23H31N3O2S/c1-17-4-7-20(22(12-17)28-16-19-10-11-27-15-19)14-26-23(24-2)25-13-18-5-8-21(29-3)9-6-18/h4-9,12,19H,10-11,13-16H2,1-3H3,(H2,24,25,26). The maximum absolute atomic E-state index is 6.14. The zero-order valence-electron chi connectivity index (χ0n) is 17.5. The number of thioether (sulfide) groups is 1. The number of aryl methyl sites for hydroxylation is 1. The summed E-state index contributed by atoms with van der Waals surface area (Å²) in [6.45, 7) is 5.82. The molecule has 6 heteroatoms. The minimum absolute atomic E-state index is 0.489. The number of ether oxygens (including phenoxy) is 2. The van der Waals surface area contributed by atoms with Crippen molar-refractivity contribution in [2.24, 2.45) is 10.9 Å². The minimum Gasteiger partial charge on any atom is -0.493 e. The molecule has 1 aliphatic heterocycles. The summed E-state index contributed by atoms with van der Waals surface area (Å²) in [6.07, 6.45) is 3.16. The number of guanidine groups is 1. The van der Waals surface area contributed by atoms with E-state index in [1.165, 1.54) is 16.0 Å². The second kappa shape index (κ2) is 11.1. The molecule has 0 aliphatic carbocycles.